The van der Waals surface area contributed by atoms with Crippen molar-refractivity contribution in [3.63, 3.8) is 0 Å². The highest BCUT2D eigenvalue weighted by molar-refractivity contribution is 5.89. The summed E-state index contributed by atoms with van der Waals surface area (Å²) in [6.45, 7) is 5.80. The Hall–Kier alpha value is -4.26. The first-order chi connectivity index (χ1) is 18.4. The molecule has 2 fully saturated rings. The Morgan fingerprint density at radius 3 is 2.71 bits per heavy atom. The van der Waals surface area contributed by atoms with E-state index in [1.165, 1.54) is 16.6 Å². The molecule has 0 aliphatic carbocycles. The van der Waals surface area contributed by atoms with Crippen molar-refractivity contribution < 1.29 is 18.7 Å². The molecule has 0 radical (unpaired) electrons. The lowest BCUT2D eigenvalue weighted by molar-refractivity contribution is 0.0692. The largest absolute Gasteiger partial charge is 0.478 e. The number of hydrogen-bond acceptors (Lipinski definition) is 10. The van der Waals surface area contributed by atoms with Gasteiger partial charge in [-0.1, -0.05) is 0 Å². The van der Waals surface area contributed by atoms with Gasteiger partial charge < -0.3 is 25.1 Å². The first kappa shape index (κ1) is 24.1. The van der Waals surface area contributed by atoms with E-state index in [1.54, 1.807) is 24.5 Å². The summed E-state index contributed by atoms with van der Waals surface area (Å²) >= 11 is 0. The normalized spacial score (nSPS) is 18.8. The van der Waals surface area contributed by atoms with Crippen LogP contribution in [-0.2, 0) is 0 Å². The van der Waals surface area contributed by atoms with E-state index in [1.807, 2.05) is 0 Å². The Morgan fingerprint density at radius 2 is 1.95 bits per heavy atom. The average Bonchev–Trinajstić information content (AvgIpc) is 3.60. The molecule has 38 heavy (non-hydrogen) atoms. The van der Waals surface area contributed by atoms with Gasteiger partial charge in [0.05, 0.1) is 11.8 Å². The maximum atomic E-state index is 13.8. The molecule has 2 saturated heterocycles. The first-order valence-electron chi connectivity index (χ1n) is 12.6. The molecule has 3 N–H and O–H groups in total. The number of carboxylic acids is 1. The number of furan rings is 1. The number of aromatic carboxylic acids is 1. The van der Waals surface area contributed by atoms with Crippen LogP contribution in [0, 0.1) is 11.7 Å². The molecule has 13 heteroatoms. The zero-order chi connectivity index (χ0) is 26.2. The third-order valence-corrected chi connectivity index (χ3v) is 7.20. The van der Waals surface area contributed by atoms with Gasteiger partial charge in [-0.05, 0) is 49.1 Å². The van der Waals surface area contributed by atoms with Crippen molar-refractivity contribution in [3.05, 3.63) is 48.0 Å². The van der Waals surface area contributed by atoms with Crippen molar-refractivity contribution >= 4 is 29.3 Å². The summed E-state index contributed by atoms with van der Waals surface area (Å²) in [6, 6.07) is 7.84. The number of fused-ring (bicyclic) bond motifs is 1. The molecular formula is C25H28FN9O3. The van der Waals surface area contributed by atoms with Crippen LogP contribution in [0.15, 0.2) is 41.0 Å². The highest BCUT2D eigenvalue weighted by Crippen LogP contribution is 2.25. The molecule has 1 unspecified atom stereocenters. The minimum Gasteiger partial charge on any atom is -0.478 e. The lowest BCUT2D eigenvalue weighted by Crippen LogP contribution is -2.50. The number of carboxylic acid groups (broad SMARTS) is 1. The minimum absolute atomic E-state index is 0.223. The predicted octanol–water partition coefficient (Wildman–Crippen LogP) is 2.24. The van der Waals surface area contributed by atoms with Crippen LogP contribution in [0.3, 0.4) is 0 Å². The molecule has 1 atom stereocenters. The van der Waals surface area contributed by atoms with Gasteiger partial charge in [0.1, 0.15) is 5.82 Å². The van der Waals surface area contributed by atoms with Crippen LogP contribution in [-0.4, -0.2) is 86.4 Å². The molecule has 1 aromatic carbocycles. The topological polar surface area (TPSA) is 142 Å². The molecule has 0 spiro atoms. The molecule has 5 heterocycles. The van der Waals surface area contributed by atoms with E-state index < -0.39 is 11.8 Å². The molecule has 2 aliphatic heterocycles. The van der Waals surface area contributed by atoms with Gasteiger partial charge in [-0.3, -0.25) is 4.90 Å². The standard InChI is InChI=1S/C25H28FN9O3/c26-19-6-5-17(13-18(19)22(36)37)33-10-8-32(9-11-33)14-16-3-1-7-34(15-16)24-29-23(27)35-25(30-24)28-21(31-35)20-4-2-12-38-20/h2,4-6,12-13,16H,1,3,7-11,14-15H2,(H,36,37)(H2,27,28,29,30,31). The Kier molecular flexibility index (Phi) is 6.27. The number of rotatable bonds is 6. The molecule has 12 nitrogen and oxygen atoms in total. The number of nitrogens with two attached hydrogens (primary N) is 1. The number of piperazine rings is 1. The highest BCUT2D eigenvalue weighted by atomic mass is 19.1. The summed E-state index contributed by atoms with van der Waals surface area (Å²) in [5.74, 6) is 0.570. The zero-order valence-corrected chi connectivity index (χ0v) is 20.7. The van der Waals surface area contributed by atoms with Crippen LogP contribution in [0.25, 0.3) is 17.4 Å². The van der Waals surface area contributed by atoms with Gasteiger partial charge in [0.25, 0.3) is 5.78 Å². The Labute approximate surface area is 217 Å². The number of carbonyl (C=O) groups is 1. The first-order valence-corrected chi connectivity index (χ1v) is 12.6. The second-order valence-corrected chi connectivity index (χ2v) is 9.72. The smallest absolute Gasteiger partial charge is 0.338 e. The van der Waals surface area contributed by atoms with Gasteiger partial charge >= 0.3 is 5.97 Å². The van der Waals surface area contributed by atoms with E-state index in [4.69, 9.17) is 10.2 Å². The number of halogens is 1. The van der Waals surface area contributed by atoms with E-state index in [0.717, 1.165) is 64.3 Å². The quantitative estimate of drug-likeness (QED) is 0.386. The molecule has 3 aromatic heterocycles. The van der Waals surface area contributed by atoms with Crippen LogP contribution in [0.2, 0.25) is 0 Å². The van der Waals surface area contributed by atoms with E-state index >= 15 is 0 Å². The summed E-state index contributed by atoms with van der Waals surface area (Å²) in [7, 11) is 0. The van der Waals surface area contributed by atoms with Crippen molar-refractivity contribution in [1.82, 2.24) is 29.5 Å². The van der Waals surface area contributed by atoms with Crippen LogP contribution in [0.5, 0.6) is 0 Å². The summed E-state index contributed by atoms with van der Waals surface area (Å²) in [6.07, 6.45) is 3.70. The van der Waals surface area contributed by atoms with Crippen LogP contribution in [0.4, 0.5) is 22.0 Å². The van der Waals surface area contributed by atoms with Gasteiger partial charge in [-0.15, -0.1) is 5.10 Å². The van der Waals surface area contributed by atoms with Crippen molar-refractivity contribution in [1.29, 1.82) is 0 Å². The van der Waals surface area contributed by atoms with Gasteiger partial charge in [0.2, 0.25) is 17.7 Å². The fourth-order valence-corrected chi connectivity index (χ4v) is 5.27. The lowest BCUT2D eigenvalue weighted by atomic mass is 9.97. The van der Waals surface area contributed by atoms with E-state index in [2.05, 4.69) is 34.8 Å². The van der Waals surface area contributed by atoms with Gasteiger partial charge in [0.15, 0.2) is 5.76 Å². The number of hydrogen-bond donors (Lipinski definition) is 2. The molecule has 2 aliphatic rings. The van der Waals surface area contributed by atoms with Crippen molar-refractivity contribution in [2.45, 2.75) is 12.8 Å². The van der Waals surface area contributed by atoms with Crippen LogP contribution >= 0.6 is 0 Å². The summed E-state index contributed by atoms with van der Waals surface area (Å²) in [5.41, 5.74) is 6.64. The van der Waals surface area contributed by atoms with E-state index in [-0.39, 0.29) is 11.5 Å². The molecule has 0 bridgehead atoms. The predicted molar refractivity (Wildman–Crippen MR) is 138 cm³/mol. The SMILES string of the molecule is Nc1nc(N2CCCC(CN3CCN(c4ccc(F)c(C(=O)O)c4)CC3)C2)nc2nc(-c3ccco3)nn12. The number of anilines is 3. The number of nitrogens with zero attached hydrogens (tertiary/aromatic N) is 8. The van der Waals surface area contributed by atoms with Gasteiger partial charge in [-0.2, -0.15) is 19.5 Å². The van der Waals surface area contributed by atoms with Gasteiger partial charge in [0, 0.05) is 51.5 Å². The lowest BCUT2D eigenvalue weighted by Gasteiger charge is -2.40. The molecule has 4 aromatic rings. The minimum atomic E-state index is -1.25. The van der Waals surface area contributed by atoms with E-state index in [9.17, 15) is 14.3 Å². The number of aromatic nitrogens is 5. The number of nitrogen functional groups attached to an aromatic ring is 1. The molecule has 6 rings (SSSR count). The molecular weight excluding hydrogens is 493 g/mol. The third kappa shape index (κ3) is 4.72. The van der Waals surface area contributed by atoms with Crippen LogP contribution in [0.1, 0.15) is 23.2 Å². The molecule has 0 saturated carbocycles. The second-order valence-electron chi connectivity index (χ2n) is 9.72. The monoisotopic (exact) mass is 521 g/mol. The fraction of sp³-hybridized carbons (Fsp3) is 0.400. The van der Waals surface area contributed by atoms with Crippen LogP contribution < -0.4 is 15.5 Å². The average molecular weight is 522 g/mol. The Balaban J connectivity index is 1.09. The zero-order valence-electron chi connectivity index (χ0n) is 20.7. The molecule has 0 amide bonds. The number of piperidine rings is 1. The summed E-state index contributed by atoms with van der Waals surface area (Å²) < 4.78 is 20.6. The van der Waals surface area contributed by atoms with Crippen molar-refractivity contribution in [2.24, 2.45) is 5.92 Å². The summed E-state index contributed by atoms with van der Waals surface area (Å²) in [5, 5.41) is 13.6. The Bertz CT molecular complexity index is 1450. The maximum absolute atomic E-state index is 13.8. The Morgan fingerprint density at radius 1 is 1.11 bits per heavy atom. The maximum Gasteiger partial charge on any atom is 0.338 e. The molecule has 198 valence electrons. The summed E-state index contributed by atoms with van der Waals surface area (Å²) in [4.78, 5) is 31.6. The van der Waals surface area contributed by atoms with E-state index in [0.29, 0.717) is 29.2 Å². The van der Waals surface area contributed by atoms with Crippen molar-refractivity contribution in [3.8, 4) is 11.6 Å². The number of benzene rings is 1. The fourth-order valence-electron chi connectivity index (χ4n) is 5.27. The van der Waals surface area contributed by atoms with Gasteiger partial charge in [-0.25, -0.2) is 9.18 Å². The highest BCUT2D eigenvalue weighted by Gasteiger charge is 2.27. The van der Waals surface area contributed by atoms with Crippen molar-refractivity contribution in [2.75, 3.05) is 61.3 Å². The second kappa shape index (κ2) is 9.89. The third-order valence-electron chi connectivity index (χ3n) is 7.20.